The number of carboxylic acid groups (broad SMARTS) is 1. The van der Waals surface area contributed by atoms with E-state index in [0.717, 1.165) is 6.42 Å². The second-order valence-electron chi connectivity index (χ2n) is 8.45. The van der Waals surface area contributed by atoms with Gasteiger partial charge in [0.15, 0.2) is 0 Å². The molecule has 0 fully saturated rings. The van der Waals surface area contributed by atoms with Crippen LogP contribution in [0.5, 0.6) is 0 Å². The van der Waals surface area contributed by atoms with E-state index in [4.69, 9.17) is 15.2 Å². The van der Waals surface area contributed by atoms with Crippen LogP contribution >= 0.6 is 0 Å². The molecule has 0 aliphatic heterocycles. The summed E-state index contributed by atoms with van der Waals surface area (Å²) in [7, 11) is 0. The number of carbonyl (C=O) groups is 3. The second kappa shape index (κ2) is 9.75. The Balaban J connectivity index is 5.42. The first-order valence-electron chi connectivity index (χ1n) is 8.87. The van der Waals surface area contributed by atoms with Crippen molar-refractivity contribution in [2.24, 2.45) is 5.73 Å². The molecule has 3 N–H and O–H groups in total. The fraction of sp³-hybridized carbons (Fsp3) is 0.833. The molecule has 0 saturated carbocycles. The molecule has 0 saturated heterocycles. The maximum atomic E-state index is 12.5. The van der Waals surface area contributed by atoms with Gasteiger partial charge in [0.1, 0.15) is 17.2 Å². The Hall–Kier alpha value is -1.83. The summed E-state index contributed by atoms with van der Waals surface area (Å²) in [5.74, 6) is -1.29. The Kier molecular flexibility index (Phi) is 9.07. The van der Waals surface area contributed by atoms with Crippen molar-refractivity contribution in [1.29, 1.82) is 0 Å². The van der Waals surface area contributed by atoms with Crippen molar-refractivity contribution >= 4 is 18.2 Å². The third kappa shape index (κ3) is 10.2. The van der Waals surface area contributed by atoms with Crippen LogP contribution in [0.1, 0.15) is 74.1 Å². The molecule has 26 heavy (non-hydrogen) atoms. The highest BCUT2D eigenvalue weighted by atomic mass is 16.6. The first-order chi connectivity index (χ1) is 11.6. The summed E-state index contributed by atoms with van der Waals surface area (Å²) < 4.78 is 10.4. The average Bonchev–Trinajstić information content (AvgIpc) is 2.36. The summed E-state index contributed by atoms with van der Waals surface area (Å²) >= 11 is 0. The number of aliphatic carboxylic acids is 1. The molecule has 8 heteroatoms. The lowest BCUT2D eigenvalue weighted by Gasteiger charge is -2.31. The van der Waals surface area contributed by atoms with Gasteiger partial charge in [-0.15, -0.1) is 0 Å². The van der Waals surface area contributed by atoms with Crippen LogP contribution in [0.4, 0.5) is 9.59 Å². The normalized spacial score (nSPS) is 14.3. The van der Waals surface area contributed by atoms with Gasteiger partial charge < -0.3 is 20.3 Å². The molecular weight excluding hydrogens is 340 g/mol. The standard InChI is InChI=1S/C18H34N2O6/c1-12(19)10-8-9-11-13(14(21)22)20(15(23)25-17(2,3)4)16(24)26-18(5,6)7/h12-13H,8-11,19H2,1-7H3,(H,21,22)/t12?,13-/m0/s1. The predicted molar refractivity (Wildman–Crippen MR) is 97.8 cm³/mol. The molecule has 0 aromatic carbocycles. The molecule has 8 nitrogen and oxygen atoms in total. The number of carbonyl (C=O) groups excluding carboxylic acids is 2. The third-order valence-electron chi connectivity index (χ3n) is 3.16. The van der Waals surface area contributed by atoms with Crippen LogP contribution < -0.4 is 5.73 Å². The number of rotatable bonds is 7. The van der Waals surface area contributed by atoms with Crippen molar-refractivity contribution in [3.05, 3.63) is 0 Å². The van der Waals surface area contributed by atoms with Crippen LogP contribution in [0.2, 0.25) is 0 Å². The van der Waals surface area contributed by atoms with E-state index < -0.39 is 35.4 Å². The summed E-state index contributed by atoms with van der Waals surface area (Å²) in [4.78, 5) is 37.3. The largest absolute Gasteiger partial charge is 0.480 e. The van der Waals surface area contributed by atoms with Gasteiger partial charge in [0, 0.05) is 6.04 Å². The lowest BCUT2D eigenvalue weighted by Crippen LogP contribution is -2.52. The fourth-order valence-electron chi connectivity index (χ4n) is 2.12. The van der Waals surface area contributed by atoms with Crippen LogP contribution in [0, 0.1) is 0 Å². The van der Waals surface area contributed by atoms with Crippen LogP contribution in [0.25, 0.3) is 0 Å². The number of carboxylic acids is 1. The Labute approximate surface area is 156 Å². The molecule has 152 valence electrons. The summed E-state index contributed by atoms with van der Waals surface area (Å²) in [5, 5.41) is 9.56. The molecule has 0 heterocycles. The van der Waals surface area contributed by atoms with Gasteiger partial charge in [0.25, 0.3) is 0 Å². The number of imide groups is 1. The van der Waals surface area contributed by atoms with E-state index in [1.807, 2.05) is 6.92 Å². The molecule has 0 rings (SSSR count). The first kappa shape index (κ1) is 24.2. The van der Waals surface area contributed by atoms with Gasteiger partial charge in [0.2, 0.25) is 0 Å². The number of hydrogen-bond acceptors (Lipinski definition) is 6. The molecule has 0 radical (unpaired) electrons. The highest BCUT2D eigenvalue weighted by Gasteiger charge is 2.39. The molecule has 2 atom stereocenters. The van der Waals surface area contributed by atoms with Crippen molar-refractivity contribution in [3.8, 4) is 0 Å². The lowest BCUT2D eigenvalue weighted by atomic mass is 10.1. The van der Waals surface area contributed by atoms with Gasteiger partial charge in [-0.3, -0.25) is 0 Å². The quantitative estimate of drug-likeness (QED) is 0.654. The zero-order valence-corrected chi connectivity index (χ0v) is 17.0. The lowest BCUT2D eigenvalue weighted by molar-refractivity contribution is -0.143. The fourth-order valence-corrected chi connectivity index (χ4v) is 2.12. The number of nitrogens with two attached hydrogens (primary N) is 1. The highest BCUT2D eigenvalue weighted by molar-refractivity contribution is 5.93. The SMILES string of the molecule is CC(N)CCCC[C@@H](C(=O)O)N(C(=O)OC(C)(C)C)C(=O)OC(C)(C)C. The number of unbranched alkanes of at least 4 members (excludes halogenated alkanes) is 1. The van der Waals surface area contributed by atoms with Gasteiger partial charge in [-0.25, -0.2) is 14.4 Å². The van der Waals surface area contributed by atoms with E-state index in [1.165, 1.54) is 0 Å². The average molecular weight is 374 g/mol. The van der Waals surface area contributed by atoms with Crippen LogP contribution in [0.15, 0.2) is 0 Å². The minimum atomic E-state index is -1.37. The minimum absolute atomic E-state index is 0.00564. The molecule has 1 unspecified atom stereocenters. The minimum Gasteiger partial charge on any atom is -0.480 e. The van der Waals surface area contributed by atoms with E-state index in [9.17, 15) is 19.5 Å². The zero-order chi connectivity index (χ0) is 20.7. The number of hydrogen-bond donors (Lipinski definition) is 2. The second-order valence-corrected chi connectivity index (χ2v) is 8.45. The Bertz CT molecular complexity index is 463. The predicted octanol–water partition coefficient (Wildman–Crippen LogP) is 3.52. The molecule has 0 aromatic rings. The Morgan fingerprint density at radius 2 is 1.31 bits per heavy atom. The maximum absolute atomic E-state index is 12.5. The van der Waals surface area contributed by atoms with E-state index in [0.29, 0.717) is 17.7 Å². The smallest absolute Gasteiger partial charge is 0.420 e. The van der Waals surface area contributed by atoms with Crippen molar-refractivity contribution in [2.75, 3.05) is 0 Å². The summed E-state index contributed by atoms with van der Waals surface area (Å²) in [6.07, 6.45) is -0.0535. The maximum Gasteiger partial charge on any atom is 0.420 e. The van der Waals surface area contributed by atoms with Gasteiger partial charge in [-0.2, -0.15) is 4.90 Å². The monoisotopic (exact) mass is 374 g/mol. The number of nitrogens with zero attached hydrogens (tertiary/aromatic N) is 1. The zero-order valence-electron chi connectivity index (χ0n) is 17.0. The molecule has 0 bridgehead atoms. The number of ether oxygens (including phenoxy) is 2. The first-order valence-corrected chi connectivity index (χ1v) is 8.87. The van der Waals surface area contributed by atoms with Gasteiger partial charge >= 0.3 is 18.2 Å². The Morgan fingerprint density at radius 3 is 1.62 bits per heavy atom. The van der Waals surface area contributed by atoms with Crippen molar-refractivity contribution in [1.82, 2.24) is 4.90 Å². The van der Waals surface area contributed by atoms with Crippen LogP contribution in [-0.2, 0) is 14.3 Å². The highest BCUT2D eigenvalue weighted by Crippen LogP contribution is 2.20. The summed E-state index contributed by atoms with van der Waals surface area (Å²) in [6, 6.07) is -1.36. The summed E-state index contributed by atoms with van der Waals surface area (Å²) in [5.41, 5.74) is 3.93. The van der Waals surface area contributed by atoms with E-state index in [2.05, 4.69) is 0 Å². The van der Waals surface area contributed by atoms with Crippen LogP contribution in [-0.4, -0.2) is 51.4 Å². The molecular formula is C18H34N2O6. The number of amides is 2. The molecule has 0 aliphatic carbocycles. The van der Waals surface area contributed by atoms with Crippen LogP contribution in [0.3, 0.4) is 0 Å². The van der Waals surface area contributed by atoms with E-state index in [-0.39, 0.29) is 12.5 Å². The molecule has 0 spiro atoms. The van der Waals surface area contributed by atoms with Crippen molar-refractivity contribution < 1.29 is 29.0 Å². The topological polar surface area (TPSA) is 119 Å². The molecule has 2 amide bonds. The van der Waals surface area contributed by atoms with Gasteiger partial charge in [-0.1, -0.05) is 12.8 Å². The van der Waals surface area contributed by atoms with Gasteiger partial charge in [-0.05, 0) is 61.3 Å². The summed E-state index contributed by atoms with van der Waals surface area (Å²) in [6.45, 7) is 11.7. The van der Waals surface area contributed by atoms with Crippen molar-refractivity contribution in [3.63, 3.8) is 0 Å². The third-order valence-corrected chi connectivity index (χ3v) is 3.16. The van der Waals surface area contributed by atoms with Gasteiger partial charge in [0.05, 0.1) is 0 Å². The Morgan fingerprint density at radius 1 is 0.923 bits per heavy atom. The van der Waals surface area contributed by atoms with E-state index >= 15 is 0 Å². The molecule has 0 aliphatic rings. The van der Waals surface area contributed by atoms with E-state index in [1.54, 1.807) is 41.5 Å². The van der Waals surface area contributed by atoms with Crippen molar-refractivity contribution in [2.45, 2.75) is 97.4 Å². The molecule has 0 aromatic heterocycles.